The van der Waals surface area contributed by atoms with Gasteiger partial charge in [-0.1, -0.05) is 30.3 Å². The Bertz CT molecular complexity index is 1340. The van der Waals surface area contributed by atoms with Crippen molar-refractivity contribution < 1.29 is 24.0 Å². The standard InChI is InChI=1S/C22H11NO6/c24-21-19(12-4-2-1-3-5-12)15-10-18-16(11-17(15)28-21)20(22(25)29-18)13-6-8-14(9-7-13)23(26)27/h1-11H. The van der Waals surface area contributed by atoms with Crippen LogP contribution in [0.4, 0.5) is 5.69 Å². The SMILES string of the molecule is O=C1Oc2cc3c(cc2=C1c1ccccc1)OC(=O)C=3c1ccc([N+](=O)[O-])cc1. The summed E-state index contributed by atoms with van der Waals surface area (Å²) in [6, 6.07) is 17.9. The van der Waals surface area contributed by atoms with E-state index in [-0.39, 0.29) is 11.3 Å². The van der Waals surface area contributed by atoms with Gasteiger partial charge in [0.1, 0.15) is 11.5 Å². The predicted molar refractivity (Wildman–Crippen MR) is 102 cm³/mol. The fraction of sp³-hybridized carbons (Fsp3) is 0. The maximum atomic E-state index is 12.5. The third-order valence-electron chi connectivity index (χ3n) is 4.86. The summed E-state index contributed by atoms with van der Waals surface area (Å²) in [6.45, 7) is 0. The van der Waals surface area contributed by atoms with Crippen molar-refractivity contribution in [1.82, 2.24) is 0 Å². The molecule has 0 aliphatic carbocycles. The van der Waals surface area contributed by atoms with Crippen molar-refractivity contribution in [3.63, 3.8) is 0 Å². The fourth-order valence-corrected chi connectivity index (χ4v) is 3.54. The second-order valence-corrected chi connectivity index (χ2v) is 6.54. The number of benzene rings is 3. The lowest BCUT2D eigenvalue weighted by atomic mass is 10.0. The molecule has 0 fully saturated rings. The number of nitro groups is 1. The van der Waals surface area contributed by atoms with Crippen LogP contribution in [0.2, 0.25) is 0 Å². The summed E-state index contributed by atoms with van der Waals surface area (Å²) >= 11 is 0. The van der Waals surface area contributed by atoms with E-state index in [9.17, 15) is 19.7 Å². The van der Waals surface area contributed by atoms with Crippen molar-refractivity contribution in [3.8, 4) is 11.5 Å². The molecular formula is C22H11NO6. The Hall–Kier alpha value is -4.26. The molecule has 7 heteroatoms. The summed E-state index contributed by atoms with van der Waals surface area (Å²) in [5, 5.41) is 11.9. The van der Waals surface area contributed by atoms with Gasteiger partial charge in [-0.25, -0.2) is 9.59 Å². The third-order valence-corrected chi connectivity index (χ3v) is 4.86. The lowest BCUT2D eigenvalue weighted by molar-refractivity contribution is -0.384. The number of hydrogen-bond acceptors (Lipinski definition) is 6. The lowest BCUT2D eigenvalue weighted by Gasteiger charge is -2.00. The molecule has 0 saturated carbocycles. The zero-order valence-corrected chi connectivity index (χ0v) is 14.7. The average molecular weight is 385 g/mol. The highest BCUT2D eigenvalue weighted by Crippen LogP contribution is 2.27. The zero-order chi connectivity index (χ0) is 20.1. The van der Waals surface area contributed by atoms with Crippen LogP contribution in [0, 0.1) is 10.1 Å². The summed E-state index contributed by atoms with van der Waals surface area (Å²) in [6.07, 6.45) is 0. The van der Waals surface area contributed by atoms with Crippen LogP contribution in [-0.2, 0) is 9.59 Å². The minimum atomic E-state index is -0.565. The number of non-ortho nitro benzene ring substituents is 1. The molecule has 3 aromatic rings. The van der Waals surface area contributed by atoms with E-state index in [2.05, 4.69) is 0 Å². The third kappa shape index (κ3) is 2.60. The molecule has 140 valence electrons. The lowest BCUT2D eigenvalue weighted by Crippen LogP contribution is -2.11. The number of nitro benzene ring substituents is 1. The number of ether oxygens (including phenoxy) is 2. The van der Waals surface area contributed by atoms with Crippen molar-refractivity contribution in [3.05, 3.63) is 98.4 Å². The van der Waals surface area contributed by atoms with E-state index < -0.39 is 16.9 Å². The van der Waals surface area contributed by atoms with Crippen LogP contribution in [0.5, 0.6) is 11.5 Å². The summed E-state index contributed by atoms with van der Waals surface area (Å²) in [5.74, 6) is -0.387. The Morgan fingerprint density at radius 1 is 0.690 bits per heavy atom. The van der Waals surface area contributed by atoms with Crippen LogP contribution in [0.25, 0.3) is 11.1 Å². The maximum Gasteiger partial charge on any atom is 0.344 e. The largest absolute Gasteiger partial charge is 0.422 e. The topological polar surface area (TPSA) is 95.7 Å². The number of esters is 2. The van der Waals surface area contributed by atoms with E-state index in [0.29, 0.717) is 38.6 Å². The number of hydrogen-bond donors (Lipinski definition) is 0. The van der Waals surface area contributed by atoms with Gasteiger partial charge in [-0.05, 0) is 35.4 Å². The van der Waals surface area contributed by atoms with Crippen molar-refractivity contribution in [2.75, 3.05) is 0 Å². The highest BCUT2D eigenvalue weighted by atomic mass is 16.6. The Morgan fingerprint density at radius 2 is 1.17 bits per heavy atom. The molecule has 0 spiro atoms. The number of rotatable bonds is 3. The van der Waals surface area contributed by atoms with E-state index in [1.54, 1.807) is 24.3 Å². The number of carbonyl (C=O) groups is 2. The molecule has 0 aromatic heterocycles. The molecule has 2 aliphatic rings. The fourth-order valence-electron chi connectivity index (χ4n) is 3.54. The average Bonchev–Trinajstić information content (AvgIpc) is 3.21. The Kier molecular flexibility index (Phi) is 3.57. The van der Waals surface area contributed by atoms with Gasteiger partial charge in [0.05, 0.1) is 16.1 Å². The molecule has 29 heavy (non-hydrogen) atoms. The van der Waals surface area contributed by atoms with E-state index >= 15 is 0 Å². The number of nitrogens with zero attached hydrogens (tertiary/aromatic N) is 1. The molecule has 0 unspecified atom stereocenters. The molecule has 0 radical (unpaired) electrons. The van der Waals surface area contributed by atoms with Gasteiger partial charge < -0.3 is 9.47 Å². The summed E-state index contributed by atoms with van der Waals surface area (Å²) in [5.41, 5.74) is 1.78. The van der Waals surface area contributed by atoms with Crippen molar-refractivity contribution in [2.45, 2.75) is 0 Å². The minimum Gasteiger partial charge on any atom is -0.422 e. The molecular weight excluding hydrogens is 374 g/mol. The van der Waals surface area contributed by atoms with Gasteiger partial charge in [0.25, 0.3) is 5.69 Å². The van der Waals surface area contributed by atoms with E-state index in [0.717, 1.165) is 0 Å². The number of fused-ring (bicyclic) bond motifs is 2. The molecule has 0 saturated heterocycles. The first kappa shape index (κ1) is 16.9. The second-order valence-electron chi connectivity index (χ2n) is 6.54. The molecule has 2 heterocycles. The highest BCUT2D eigenvalue weighted by molar-refractivity contribution is 6.21. The predicted octanol–water partition coefficient (Wildman–Crippen LogP) is 1.83. The van der Waals surface area contributed by atoms with Crippen LogP contribution in [0.1, 0.15) is 11.1 Å². The summed E-state index contributed by atoms with van der Waals surface area (Å²) < 4.78 is 10.8. The number of carbonyl (C=O) groups excluding carboxylic acids is 2. The molecule has 5 rings (SSSR count). The summed E-state index contributed by atoms with van der Waals surface area (Å²) in [7, 11) is 0. The van der Waals surface area contributed by atoms with E-state index in [4.69, 9.17) is 9.47 Å². The van der Waals surface area contributed by atoms with Crippen LogP contribution < -0.4 is 19.9 Å². The first-order valence-electron chi connectivity index (χ1n) is 8.70. The molecule has 3 aromatic carbocycles. The monoisotopic (exact) mass is 385 g/mol. The van der Waals surface area contributed by atoms with Crippen molar-refractivity contribution in [1.29, 1.82) is 0 Å². The summed E-state index contributed by atoms with van der Waals surface area (Å²) in [4.78, 5) is 35.3. The zero-order valence-electron chi connectivity index (χ0n) is 14.7. The van der Waals surface area contributed by atoms with Gasteiger partial charge in [-0.3, -0.25) is 10.1 Å². The Morgan fingerprint density at radius 3 is 1.66 bits per heavy atom. The smallest absolute Gasteiger partial charge is 0.344 e. The second kappa shape index (κ2) is 6.13. The van der Waals surface area contributed by atoms with Gasteiger partial charge in [-0.2, -0.15) is 0 Å². The van der Waals surface area contributed by atoms with Gasteiger partial charge in [0, 0.05) is 22.6 Å². The van der Waals surface area contributed by atoms with E-state index in [1.807, 2.05) is 18.2 Å². The van der Waals surface area contributed by atoms with Crippen LogP contribution in [0.3, 0.4) is 0 Å². The van der Waals surface area contributed by atoms with Crippen LogP contribution in [0.15, 0.2) is 66.7 Å². The maximum absolute atomic E-state index is 12.5. The molecule has 7 nitrogen and oxygen atoms in total. The van der Waals surface area contributed by atoms with Gasteiger partial charge >= 0.3 is 11.9 Å². The Balaban J connectivity index is 1.73. The van der Waals surface area contributed by atoms with Gasteiger partial charge in [-0.15, -0.1) is 0 Å². The Labute approximate surface area is 163 Å². The van der Waals surface area contributed by atoms with Crippen LogP contribution >= 0.6 is 0 Å². The first-order chi connectivity index (χ1) is 14.0. The van der Waals surface area contributed by atoms with Crippen molar-refractivity contribution in [2.24, 2.45) is 0 Å². The molecule has 0 atom stereocenters. The quantitative estimate of drug-likeness (QED) is 0.295. The molecule has 0 N–H and O–H groups in total. The van der Waals surface area contributed by atoms with Crippen molar-refractivity contribution >= 4 is 28.8 Å². The molecule has 0 bridgehead atoms. The van der Waals surface area contributed by atoms with E-state index in [1.165, 1.54) is 24.3 Å². The highest BCUT2D eigenvalue weighted by Gasteiger charge is 2.30. The molecule has 0 amide bonds. The van der Waals surface area contributed by atoms with Gasteiger partial charge in [0.2, 0.25) is 0 Å². The van der Waals surface area contributed by atoms with Gasteiger partial charge in [0.15, 0.2) is 0 Å². The normalized spacial score (nSPS) is 14.3. The van der Waals surface area contributed by atoms with Crippen LogP contribution in [-0.4, -0.2) is 16.9 Å². The minimum absolute atomic E-state index is 0.0778. The first-order valence-corrected chi connectivity index (χ1v) is 8.70. The molecule has 2 aliphatic heterocycles.